The molecule has 0 N–H and O–H groups in total. The van der Waals surface area contributed by atoms with Crippen molar-refractivity contribution in [2.75, 3.05) is 7.11 Å². The molecule has 0 aliphatic carbocycles. The van der Waals surface area contributed by atoms with Gasteiger partial charge in [0.15, 0.2) is 0 Å². The molecule has 1 aromatic rings. The van der Waals surface area contributed by atoms with E-state index in [4.69, 9.17) is 0 Å². The van der Waals surface area contributed by atoms with Gasteiger partial charge in [-0.1, -0.05) is 6.08 Å². The molecule has 1 aromatic heterocycles. The molecule has 0 atom stereocenters. The number of carbonyl (C=O) groups is 1. The van der Waals surface area contributed by atoms with Crippen LogP contribution in [0.25, 0.3) is 6.08 Å². The first kappa shape index (κ1) is 11.7. The zero-order valence-corrected chi connectivity index (χ0v) is 9.95. The van der Waals surface area contributed by atoms with Gasteiger partial charge in [0.05, 0.1) is 7.11 Å². The lowest BCUT2D eigenvalue weighted by Crippen LogP contribution is -2.33. The SMILES string of the molecule is C/C=C/c1ccc(C(=O)OC)c(Br)[n+]1[O-]. The number of ether oxygens (including phenoxy) is 1. The number of rotatable bonds is 2. The van der Waals surface area contributed by atoms with Crippen LogP contribution in [0.15, 0.2) is 22.8 Å². The molecule has 1 rings (SSSR count). The molecule has 0 saturated carbocycles. The van der Waals surface area contributed by atoms with Crippen LogP contribution in [-0.4, -0.2) is 13.1 Å². The number of methoxy groups -OCH3 is 1. The van der Waals surface area contributed by atoms with Crippen molar-refractivity contribution in [2.24, 2.45) is 0 Å². The van der Waals surface area contributed by atoms with Gasteiger partial charge < -0.3 is 9.94 Å². The number of aromatic nitrogens is 1. The summed E-state index contributed by atoms with van der Waals surface area (Å²) >= 11 is 3.06. The average molecular weight is 272 g/mol. The smallest absolute Gasteiger partial charge is 0.345 e. The number of esters is 1. The first-order chi connectivity index (χ1) is 7.11. The Labute approximate surface area is 95.9 Å². The van der Waals surface area contributed by atoms with Crippen LogP contribution in [0.5, 0.6) is 0 Å². The quantitative estimate of drug-likeness (QED) is 0.357. The molecule has 0 aromatic carbocycles. The number of hydrogen-bond acceptors (Lipinski definition) is 3. The van der Waals surface area contributed by atoms with Gasteiger partial charge in [-0.25, -0.2) is 4.79 Å². The molecule has 0 aliphatic rings. The fourth-order valence-corrected chi connectivity index (χ4v) is 1.58. The topological polar surface area (TPSA) is 53.2 Å². The van der Waals surface area contributed by atoms with Crippen LogP contribution in [0, 0.1) is 5.21 Å². The van der Waals surface area contributed by atoms with Crippen LogP contribution < -0.4 is 4.73 Å². The lowest BCUT2D eigenvalue weighted by Gasteiger charge is -2.06. The van der Waals surface area contributed by atoms with Gasteiger partial charge in [0.25, 0.3) is 4.60 Å². The van der Waals surface area contributed by atoms with Crippen molar-refractivity contribution in [2.45, 2.75) is 6.92 Å². The third-order valence-corrected chi connectivity index (χ3v) is 2.55. The normalized spacial score (nSPS) is 10.6. The van der Waals surface area contributed by atoms with Crippen molar-refractivity contribution >= 4 is 28.0 Å². The van der Waals surface area contributed by atoms with Crippen LogP contribution in [0.4, 0.5) is 0 Å². The van der Waals surface area contributed by atoms with E-state index in [9.17, 15) is 10.0 Å². The Hall–Kier alpha value is -1.36. The lowest BCUT2D eigenvalue weighted by atomic mass is 10.2. The number of carbonyl (C=O) groups excluding carboxylic acids is 1. The van der Waals surface area contributed by atoms with Crippen LogP contribution in [0.2, 0.25) is 0 Å². The summed E-state index contributed by atoms with van der Waals surface area (Å²) in [4.78, 5) is 11.2. The Morgan fingerprint density at radius 3 is 2.80 bits per heavy atom. The average Bonchev–Trinajstić information content (AvgIpc) is 2.24. The Morgan fingerprint density at radius 2 is 2.27 bits per heavy atom. The molecule has 0 unspecified atom stereocenters. The highest BCUT2D eigenvalue weighted by Gasteiger charge is 2.19. The lowest BCUT2D eigenvalue weighted by molar-refractivity contribution is -0.619. The molecule has 0 radical (unpaired) electrons. The van der Waals surface area contributed by atoms with Crippen molar-refractivity contribution in [3.63, 3.8) is 0 Å². The minimum Gasteiger partial charge on any atom is -0.617 e. The second kappa shape index (κ2) is 4.93. The van der Waals surface area contributed by atoms with Gasteiger partial charge in [-0.15, -0.1) is 0 Å². The Morgan fingerprint density at radius 1 is 1.60 bits per heavy atom. The number of hydrogen-bond donors (Lipinski definition) is 0. The number of nitrogens with zero attached hydrogens (tertiary/aromatic N) is 1. The monoisotopic (exact) mass is 271 g/mol. The maximum atomic E-state index is 11.6. The fraction of sp³-hybridized carbons (Fsp3) is 0.200. The summed E-state index contributed by atoms with van der Waals surface area (Å²) < 4.78 is 5.32. The van der Waals surface area contributed by atoms with Gasteiger partial charge in [0.1, 0.15) is 5.56 Å². The van der Waals surface area contributed by atoms with E-state index in [0.29, 0.717) is 10.4 Å². The van der Waals surface area contributed by atoms with E-state index in [-0.39, 0.29) is 10.2 Å². The fourth-order valence-electron chi connectivity index (χ4n) is 1.08. The van der Waals surface area contributed by atoms with E-state index >= 15 is 0 Å². The van der Waals surface area contributed by atoms with Crippen LogP contribution in [0.1, 0.15) is 23.0 Å². The third-order valence-electron chi connectivity index (χ3n) is 1.80. The van der Waals surface area contributed by atoms with Gasteiger partial charge in [-0.3, -0.25) is 0 Å². The van der Waals surface area contributed by atoms with E-state index in [2.05, 4.69) is 20.7 Å². The molecule has 0 saturated heterocycles. The summed E-state index contributed by atoms with van der Waals surface area (Å²) in [6.45, 7) is 1.81. The number of allylic oxidation sites excluding steroid dienone is 1. The van der Waals surface area contributed by atoms with Gasteiger partial charge in [-0.05, 0) is 13.0 Å². The minimum atomic E-state index is -0.543. The van der Waals surface area contributed by atoms with E-state index in [0.717, 1.165) is 0 Å². The molecule has 80 valence electrons. The highest BCUT2D eigenvalue weighted by Crippen LogP contribution is 2.14. The summed E-state index contributed by atoms with van der Waals surface area (Å²) in [5.41, 5.74) is 0.665. The molecule has 1 heterocycles. The first-order valence-electron chi connectivity index (χ1n) is 4.25. The van der Waals surface area contributed by atoms with E-state index in [1.165, 1.54) is 7.11 Å². The molecule has 0 fully saturated rings. The predicted octanol–water partition coefficient (Wildman–Crippen LogP) is 1.90. The number of pyridine rings is 1. The third kappa shape index (κ3) is 2.36. The standard InChI is InChI=1S/C10H10BrNO3/c1-3-4-7-5-6-8(10(13)15-2)9(11)12(7)14/h3-6H,1-2H3/b4-3+. The summed E-state index contributed by atoms with van der Waals surface area (Å²) in [5, 5.41) is 11.6. The zero-order chi connectivity index (χ0) is 11.4. The van der Waals surface area contributed by atoms with Gasteiger partial charge in [0, 0.05) is 28.1 Å². The maximum absolute atomic E-state index is 11.6. The highest BCUT2D eigenvalue weighted by atomic mass is 79.9. The largest absolute Gasteiger partial charge is 0.617 e. The Bertz CT molecular complexity index is 415. The molecular formula is C10H10BrNO3. The second-order valence-corrected chi connectivity index (χ2v) is 3.50. The van der Waals surface area contributed by atoms with Crippen molar-refractivity contribution in [3.05, 3.63) is 39.3 Å². The Kier molecular flexibility index (Phi) is 3.85. The van der Waals surface area contributed by atoms with Gasteiger partial charge in [-0.2, -0.15) is 4.73 Å². The molecule has 0 spiro atoms. The summed E-state index contributed by atoms with van der Waals surface area (Å²) in [6, 6.07) is 3.10. The molecular weight excluding hydrogens is 262 g/mol. The van der Waals surface area contributed by atoms with E-state index in [1.54, 1.807) is 24.3 Å². The first-order valence-corrected chi connectivity index (χ1v) is 5.04. The minimum absolute atomic E-state index is 0.157. The summed E-state index contributed by atoms with van der Waals surface area (Å²) in [6.07, 6.45) is 3.40. The van der Waals surface area contributed by atoms with Crippen LogP contribution in [0.3, 0.4) is 0 Å². The summed E-state index contributed by atoms with van der Waals surface area (Å²) in [5.74, 6) is -0.543. The zero-order valence-electron chi connectivity index (χ0n) is 8.36. The van der Waals surface area contributed by atoms with Crippen LogP contribution >= 0.6 is 15.9 Å². The highest BCUT2D eigenvalue weighted by molar-refractivity contribution is 9.10. The predicted molar refractivity (Wildman–Crippen MR) is 59.1 cm³/mol. The summed E-state index contributed by atoms with van der Waals surface area (Å²) in [7, 11) is 1.27. The van der Waals surface area contributed by atoms with Gasteiger partial charge >= 0.3 is 5.97 Å². The number of halogens is 1. The van der Waals surface area contributed by atoms with Crippen molar-refractivity contribution in [1.82, 2.24) is 0 Å². The van der Waals surface area contributed by atoms with E-state index in [1.807, 2.05) is 6.92 Å². The maximum Gasteiger partial charge on any atom is 0.345 e. The molecule has 5 heteroatoms. The Balaban J connectivity index is 3.27. The molecule has 0 bridgehead atoms. The second-order valence-electron chi connectivity index (χ2n) is 2.75. The molecule has 0 amide bonds. The molecule has 0 aliphatic heterocycles. The van der Waals surface area contributed by atoms with E-state index < -0.39 is 5.97 Å². The molecule has 15 heavy (non-hydrogen) atoms. The van der Waals surface area contributed by atoms with Gasteiger partial charge in [0.2, 0.25) is 5.69 Å². The van der Waals surface area contributed by atoms with Crippen molar-refractivity contribution in [1.29, 1.82) is 0 Å². The van der Waals surface area contributed by atoms with Crippen LogP contribution in [-0.2, 0) is 4.74 Å². The van der Waals surface area contributed by atoms with Crippen molar-refractivity contribution in [3.8, 4) is 0 Å². The van der Waals surface area contributed by atoms with Crippen molar-refractivity contribution < 1.29 is 14.3 Å². The molecule has 4 nitrogen and oxygen atoms in total.